The van der Waals surface area contributed by atoms with Crippen LogP contribution in [0, 0.1) is 12.7 Å². The molecule has 1 atom stereocenters. The molecular formula is C22H19FN6O2. The zero-order valence-electron chi connectivity index (χ0n) is 16.8. The number of amides is 1. The van der Waals surface area contributed by atoms with Crippen LogP contribution in [-0.4, -0.2) is 42.5 Å². The summed E-state index contributed by atoms with van der Waals surface area (Å²) in [7, 11) is 0. The predicted octanol–water partition coefficient (Wildman–Crippen LogP) is 3.74. The molecule has 1 aliphatic rings. The van der Waals surface area contributed by atoms with E-state index in [1.807, 2.05) is 12.1 Å². The molecule has 0 N–H and O–H groups in total. The Morgan fingerprint density at radius 1 is 1.13 bits per heavy atom. The first kappa shape index (κ1) is 19.1. The molecular weight excluding hydrogens is 399 g/mol. The van der Waals surface area contributed by atoms with E-state index in [0.29, 0.717) is 34.7 Å². The van der Waals surface area contributed by atoms with Gasteiger partial charge in [-0.3, -0.25) is 4.79 Å². The minimum atomic E-state index is -0.334. The van der Waals surface area contributed by atoms with E-state index >= 15 is 0 Å². The summed E-state index contributed by atoms with van der Waals surface area (Å²) in [4.78, 5) is 21.1. The maximum Gasteiger partial charge on any atom is 0.258 e. The lowest BCUT2D eigenvalue weighted by atomic mass is 10.1. The molecule has 1 saturated heterocycles. The molecule has 2 aromatic carbocycles. The molecule has 1 unspecified atom stereocenters. The van der Waals surface area contributed by atoms with Gasteiger partial charge in [-0.2, -0.15) is 20.0 Å². The van der Waals surface area contributed by atoms with Crippen LogP contribution >= 0.6 is 0 Å². The van der Waals surface area contributed by atoms with Gasteiger partial charge in [-0.15, -0.1) is 0 Å². The van der Waals surface area contributed by atoms with Gasteiger partial charge in [-0.05, 0) is 49.6 Å². The number of carbonyl (C=O) groups excluding carboxylic acids is 1. The number of nitrogens with zero attached hydrogens (tertiary/aromatic N) is 6. The van der Waals surface area contributed by atoms with Gasteiger partial charge in [-0.1, -0.05) is 23.4 Å². The molecule has 156 valence electrons. The van der Waals surface area contributed by atoms with Crippen LogP contribution < -0.4 is 0 Å². The highest BCUT2D eigenvalue weighted by atomic mass is 19.1. The first-order chi connectivity index (χ1) is 15.1. The maximum absolute atomic E-state index is 13.9. The van der Waals surface area contributed by atoms with Crippen molar-refractivity contribution in [1.82, 2.24) is 30.0 Å². The third kappa shape index (κ3) is 3.37. The summed E-state index contributed by atoms with van der Waals surface area (Å²) in [5.41, 5.74) is 2.09. The summed E-state index contributed by atoms with van der Waals surface area (Å²) in [6.07, 6.45) is 4.67. The summed E-state index contributed by atoms with van der Waals surface area (Å²) in [6.45, 7) is 2.24. The third-order valence-electron chi connectivity index (χ3n) is 5.52. The van der Waals surface area contributed by atoms with Gasteiger partial charge in [-0.25, -0.2) is 4.39 Å². The Morgan fingerprint density at radius 2 is 1.94 bits per heavy atom. The SMILES string of the molecule is Cc1c(F)cccc1-c1nc(C2CCCN2C(=O)c2ccccc2-n2nccn2)no1. The second kappa shape index (κ2) is 7.75. The topological polar surface area (TPSA) is 89.9 Å². The lowest BCUT2D eigenvalue weighted by molar-refractivity contribution is 0.0728. The molecule has 4 aromatic rings. The van der Waals surface area contributed by atoms with Crippen molar-refractivity contribution in [2.24, 2.45) is 0 Å². The highest BCUT2D eigenvalue weighted by molar-refractivity contribution is 5.98. The number of likely N-dealkylation sites (tertiary alicyclic amines) is 1. The number of para-hydroxylation sites is 1. The standard InChI is InChI=1S/C22H19FN6O2/c1-14-15(7-4-8-17(14)23)21-26-20(27-31-21)19-10-5-13-28(19)22(30)16-6-2-3-9-18(16)29-24-11-12-25-29/h2-4,6-9,11-12,19H,5,10,13H2,1H3. The number of benzene rings is 2. The number of rotatable bonds is 4. The third-order valence-corrected chi connectivity index (χ3v) is 5.52. The largest absolute Gasteiger partial charge is 0.334 e. The highest BCUT2D eigenvalue weighted by Crippen LogP contribution is 2.34. The Hall–Kier alpha value is -3.88. The summed E-state index contributed by atoms with van der Waals surface area (Å²) >= 11 is 0. The maximum atomic E-state index is 13.9. The van der Waals surface area contributed by atoms with Crippen LogP contribution in [0.15, 0.2) is 59.4 Å². The molecule has 2 aromatic heterocycles. The van der Waals surface area contributed by atoms with Gasteiger partial charge in [0, 0.05) is 12.1 Å². The molecule has 31 heavy (non-hydrogen) atoms. The Bertz CT molecular complexity index is 1240. The molecule has 0 radical (unpaired) electrons. The van der Waals surface area contributed by atoms with Crippen LogP contribution in [0.4, 0.5) is 4.39 Å². The number of halogens is 1. The quantitative estimate of drug-likeness (QED) is 0.502. The van der Waals surface area contributed by atoms with E-state index in [2.05, 4.69) is 20.3 Å². The molecule has 0 aliphatic carbocycles. The summed E-state index contributed by atoms with van der Waals surface area (Å²) < 4.78 is 19.4. The second-order valence-electron chi connectivity index (χ2n) is 7.36. The van der Waals surface area contributed by atoms with Crippen molar-refractivity contribution in [2.45, 2.75) is 25.8 Å². The van der Waals surface area contributed by atoms with E-state index in [1.165, 1.54) is 10.9 Å². The van der Waals surface area contributed by atoms with Crippen LogP contribution in [0.2, 0.25) is 0 Å². The van der Waals surface area contributed by atoms with Crippen molar-refractivity contribution in [2.75, 3.05) is 6.54 Å². The molecule has 1 fully saturated rings. The van der Waals surface area contributed by atoms with Crippen molar-refractivity contribution in [3.8, 4) is 17.1 Å². The summed E-state index contributed by atoms with van der Waals surface area (Å²) in [5, 5.41) is 12.4. The van der Waals surface area contributed by atoms with Crippen molar-refractivity contribution < 1.29 is 13.7 Å². The van der Waals surface area contributed by atoms with Crippen LogP contribution in [0.3, 0.4) is 0 Å². The second-order valence-corrected chi connectivity index (χ2v) is 7.36. The molecule has 1 aliphatic heterocycles. The zero-order chi connectivity index (χ0) is 21.4. The van der Waals surface area contributed by atoms with Gasteiger partial charge in [0.2, 0.25) is 0 Å². The van der Waals surface area contributed by atoms with E-state index in [0.717, 1.165) is 12.8 Å². The molecule has 0 saturated carbocycles. The van der Waals surface area contributed by atoms with E-state index < -0.39 is 0 Å². The first-order valence-corrected chi connectivity index (χ1v) is 9.99. The summed E-state index contributed by atoms with van der Waals surface area (Å²) in [5.74, 6) is 0.175. The lowest BCUT2D eigenvalue weighted by Gasteiger charge is -2.23. The van der Waals surface area contributed by atoms with Gasteiger partial charge in [0.1, 0.15) is 5.82 Å². The smallest absolute Gasteiger partial charge is 0.258 e. The van der Waals surface area contributed by atoms with E-state index in [9.17, 15) is 9.18 Å². The van der Waals surface area contributed by atoms with Crippen LogP contribution in [0.1, 0.15) is 40.6 Å². The van der Waals surface area contributed by atoms with Crippen molar-refractivity contribution in [1.29, 1.82) is 0 Å². The van der Waals surface area contributed by atoms with E-state index in [-0.39, 0.29) is 23.7 Å². The van der Waals surface area contributed by atoms with Gasteiger partial charge >= 0.3 is 0 Å². The zero-order valence-corrected chi connectivity index (χ0v) is 16.8. The fraction of sp³-hybridized carbons (Fsp3) is 0.227. The Labute approximate surface area is 177 Å². The number of hydrogen-bond donors (Lipinski definition) is 0. The fourth-order valence-electron chi connectivity index (χ4n) is 3.92. The minimum Gasteiger partial charge on any atom is -0.334 e. The molecule has 9 heteroatoms. The average molecular weight is 418 g/mol. The molecule has 8 nitrogen and oxygen atoms in total. The van der Waals surface area contributed by atoms with Gasteiger partial charge in [0.05, 0.1) is 29.7 Å². The predicted molar refractivity (Wildman–Crippen MR) is 109 cm³/mol. The number of hydrogen-bond acceptors (Lipinski definition) is 6. The molecule has 1 amide bonds. The normalized spacial score (nSPS) is 16.1. The fourth-order valence-corrected chi connectivity index (χ4v) is 3.92. The van der Waals surface area contributed by atoms with Crippen LogP contribution in [0.25, 0.3) is 17.1 Å². The molecule has 3 heterocycles. The lowest BCUT2D eigenvalue weighted by Crippen LogP contribution is -2.32. The minimum absolute atomic E-state index is 0.149. The van der Waals surface area contributed by atoms with E-state index in [4.69, 9.17) is 4.52 Å². The molecule has 5 rings (SSSR count). The number of aromatic nitrogens is 5. The number of carbonyl (C=O) groups is 1. The Morgan fingerprint density at radius 3 is 2.77 bits per heavy atom. The first-order valence-electron chi connectivity index (χ1n) is 9.99. The molecule has 0 spiro atoms. The van der Waals surface area contributed by atoms with Crippen molar-refractivity contribution in [3.05, 3.63) is 77.6 Å². The Kier molecular flexibility index (Phi) is 4.78. The summed E-state index contributed by atoms with van der Waals surface area (Å²) in [6, 6.07) is 11.6. The van der Waals surface area contributed by atoms with Crippen molar-refractivity contribution in [3.63, 3.8) is 0 Å². The van der Waals surface area contributed by atoms with E-state index in [1.54, 1.807) is 48.5 Å². The van der Waals surface area contributed by atoms with Crippen LogP contribution in [-0.2, 0) is 0 Å². The highest BCUT2D eigenvalue weighted by Gasteiger charge is 2.35. The molecule has 0 bridgehead atoms. The average Bonchev–Trinajstić information content (AvgIpc) is 3.55. The van der Waals surface area contributed by atoms with Gasteiger partial charge in [0.25, 0.3) is 11.8 Å². The Balaban J connectivity index is 1.46. The van der Waals surface area contributed by atoms with Gasteiger partial charge < -0.3 is 9.42 Å². The van der Waals surface area contributed by atoms with Gasteiger partial charge in [0.15, 0.2) is 5.82 Å². The monoisotopic (exact) mass is 418 g/mol. The van der Waals surface area contributed by atoms with Crippen LogP contribution in [0.5, 0.6) is 0 Å². The van der Waals surface area contributed by atoms with Crippen molar-refractivity contribution >= 4 is 5.91 Å².